The SMILES string of the molecule is [2H]c1c([2H])c([2H])c2c(c1[2H])c1c([2H])c([2H])c([2H])c([2H])c1n2-c1ccc2c(c1)N(c1cc(-c3ccccc3)cc3oc4ccccc4c13)c1cc(C(C)(C)C)cc3c1B2c1ccc(-n2c4c([2H])c([2H])c([2H])c([2H])c4c4c([2H])c([2H])c([2H])c([2H])c42)cc1N3c1c(-c2ccccc2)ccc2c1c1ccccc1n2-c1ccccc1C(C)(C)C. The molecule has 0 N–H and O–H groups in total. The number of benzene rings is 14. The van der Waals surface area contributed by atoms with Gasteiger partial charge in [0.15, 0.2) is 0 Å². The van der Waals surface area contributed by atoms with Gasteiger partial charge in [0, 0.05) is 83.1 Å². The normalized spacial score (nSPS) is 15.4. The fraction of sp³-hybridized carbons (Fsp3) is 0.0870. The molecule has 0 amide bonds. The molecule has 99 heavy (non-hydrogen) atoms. The quantitative estimate of drug-likeness (QED) is 0.149. The molecule has 470 valence electrons. The zero-order valence-electron chi connectivity index (χ0n) is 70.9. The monoisotopic (exact) mass is 1290 g/mol. The summed E-state index contributed by atoms with van der Waals surface area (Å²) in [4.78, 5) is 4.61. The molecule has 0 radical (unpaired) electrons. The Morgan fingerprint density at radius 1 is 0.333 bits per heavy atom. The number of aromatic nitrogens is 3. The average Bonchev–Trinajstić information content (AvgIpc) is 1.59. The van der Waals surface area contributed by atoms with Gasteiger partial charge in [-0.25, -0.2) is 0 Å². The van der Waals surface area contributed by atoms with Crippen LogP contribution in [0.1, 0.15) is 74.6 Å². The second kappa shape index (κ2) is 21.2. The maximum absolute atomic E-state index is 9.88. The first-order chi connectivity index (χ1) is 55.1. The summed E-state index contributed by atoms with van der Waals surface area (Å²) in [7, 11) is 0. The van der Waals surface area contributed by atoms with E-state index in [4.69, 9.17) is 9.90 Å². The predicted molar refractivity (Wildman–Crippen MR) is 419 cm³/mol. The van der Waals surface area contributed by atoms with Crippen molar-refractivity contribution in [2.75, 3.05) is 9.80 Å². The number of fused-ring (bicyclic) bond motifs is 16. The van der Waals surface area contributed by atoms with E-state index >= 15 is 0 Å². The van der Waals surface area contributed by atoms with Gasteiger partial charge < -0.3 is 27.9 Å². The smallest absolute Gasteiger partial charge is 0.252 e. The number of hydrogen-bond donors (Lipinski definition) is 0. The van der Waals surface area contributed by atoms with Gasteiger partial charge in [-0.05, 0) is 152 Å². The molecule has 0 saturated carbocycles. The zero-order chi connectivity index (χ0) is 80.1. The van der Waals surface area contributed by atoms with E-state index in [1.54, 1.807) is 9.13 Å². The highest BCUT2D eigenvalue weighted by Gasteiger charge is 2.46. The van der Waals surface area contributed by atoms with Crippen LogP contribution in [-0.2, 0) is 10.8 Å². The molecule has 0 fully saturated rings. The first kappa shape index (κ1) is 43.2. The van der Waals surface area contributed by atoms with Crippen molar-refractivity contribution in [1.82, 2.24) is 13.7 Å². The lowest BCUT2D eigenvalue weighted by atomic mass is 9.33. The number of nitrogens with zero attached hydrogens (tertiary/aromatic N) is 5. The minimum atomic E-state index is -0.770. The van der Waals surface area contributed by atoms with Crippen LogP contribution in [0.2, 0.25) is 0 Å². The molecular weight excluding hydrogens is 1200 g/mol. The summed E-state index contributed by atoms with van der Waals surface area (Å²) in [6, 6.07) is 61.7. The highest BCUT2D eigenvalue weighted by Crippen LogP contribution is 2.55. The Morgan fingerprint density at radius 2 is 0.848 bits per heavy atom. The third kappa shape index (κ3) is 8.44. The average molecular weight is 1290 g/mol. The minimum Gasteiger partial charge on any atom is -0.456 e. The summed E-state index contributed by atoms with van der Waals surface area (Å²) < 4.78 is 164. The van der Waals surface area contributed by atoms with Crippen LogP contribution in [0, 0.1) is 0 Å². The molecule has 4 aromatic heterocycles. The van der Waals surface area contributed by atoms with Crippen LogP contribution >= 0.6 is 0 Å². The molecular formula is C92H68BN5O. The van der Waals surface area contributed by atoms with Gasteiger partial charge >= 0.3 is 0 Å². The van der Waals surface area contributed by atoms with E-state index in [2.05, 4.69) is 165 Å². The molecule has 20 rings (SSSR count). The molecule has 0 atom stereocenters. The summed E-state index contributed by atoms with van der Waals surface area (Å²) in [6.07, 6.45) is 0. The van der Waals surface area contributed by atoms with E-state index in [0.717, 1.165) is 105 Å². The first-order valence-electron chi connectivity index (χ1n) is 41.4. The minimum absolute atomic E-state index is 0.0533. The van der Waals surface area contributed by atoms with E-state index in [0.29, 0.717) is 39.6 Å². The van der Waals surface area contributed by atoms with Crippen LogP contribution < -0.4 is 26.2 Å². The predicted octanol–water partition coefficient (Wildman–Crippen LogP) is 22.9. The second-order valence-corrected chi connectivity index (χ2v) is 28.0. The summed E-state index contributed by atoms with van der Waals surface area (Å²) in [5.74, 6) is 0. The Kier molecular flexibility index (Phi) is 9.26. The van der Waals surface area contributed by atoms with Crippen molar-refractivity contribution in [2.24, 2.45) is 0 Å². The molecule has 2 aliphatic heterocycles. The largest absolute Gasteiger partial charge is 0.456 e. The first-order valence-corrected chi connectivity index (χ1v) is 33.4. The third-order valence-electron chi connectivity index (χ3n) is 20.4. The summed E-state index contributed by atoms with van der Waals surface area (Å²) in [6.45, 7) is 12.4. The van der Waals surface area contributed by atoms with Gasteiger partial charge in [-0.15, -0.1) is 0 Å². The molecule has 6 heterocycles. The van der Waals surface area contributed by atoms with Gasteiger partial charge in [-0.3, -0.25) is 0 Å². The zero-order valence-corrected chi connectivity index (χ0v) is 54.9. The fourth-order valence-electron chi connectivity index (χ4n) is 16.0. The lowest BCUT2D eigenvalue weighted by Gasteiger charge is -2.46. The van der Waals surface area contributed by atoms with Crippen molar-refractivity contribution in [3.63, 3.8) is 0 Å². The molecule has 0 spiro atoms. The van der Waals surface area contributed by atoms with Gasteiger partial charge in [0.25, 0.3) is 6.71 Å². The number of rotatable bonds is 7. The van der Waals surface area contributed by atoms with E-state index in [-0.39, 0.29) is 49.0 Å². The molecule has 2 aliphatic rings. The number of hydrogen-bond acceptors (Lipinski definition) is 3. The van der Waals surface area contributed by atoms with Crippen LogP contribution in [0.25, 0.3) is 127 Å². The molecule has 0 bridgehead atoms. The topological polar surface area (TPSA) is 34.4 Å². The number of furan rings is 1. The van der Waals surface area contributed by atoms with E-state index in [1.165, 1.54) is 0 Å². The van der Waals surface area contributed by atoms with Gasteiger partial charge in [0.05, 0.1) is 71.8 Å². The molecule has 14 aromatic carbocycles. The van der Waals surface area contributed by atoms with Crippen molar-refractivity contribution in [3.05, 3.63) is 314 Å². The molecule has 0 unspecified atom stereocenters. The highest BCUT2D eigenvalue weighted by atomic mass is 16.3. The van der Waals surface area contributed by atoms with Gasteiger partial charge in [-0.2, -0.15) is 0 Å². The van der Waals surface area contributed by atoms with Crippen LogP contribution in [0.4, 0.5) is 34.1 Å². The lowest BCUT2D eigenvalue weighted by Crippen LogP contribution is -2.61. The van der Waals surface area contributed by atoms with Gasteiger partial charge in [0.1, 0.15) is 11.2 Å². The van der Waals surface area contributed by atoms with Crippen LogP contribution in [-0.4, -0.2) is 20.4 Å². The van der Waals surface area contributed by atoms with E-state index in [1.807, 2.05) is 97.1 Å². The molecule has 0 saturated heterocycles. The Bertz CT molecular complexity index is 7270. The van der Waals surface area contributed by atoms with E-state index < -0.39 is 109 Å². The fourth-order valence-corrected chi connectivity index (χ4v) is 16.0. The van der Waals surface area contributed by atoms with Crippen molar-refractivity contribution < 1.29 is 26.3 Å². The summed E-state index contributed by atoms with van der Waals surface area (Å²) in [5.41, 5.74) is 15.2. The third-order valence-corrected chi connectivity index (χ3v) is 20.4. The second-order valence-electron chi connectivity index (χ2n) is 28.0. The van der Waals surface area contributed by atoms with E-state index in [9.17, 15) is 16.4 Å². The van der Waals surface area contributed by atoms with Gasteiger partial charge in [-0.1, -0.05) is 248 Å². The number of para-hydroxylation sites is 7. The summed E-state index contributed by atoms with van der Waals surface area (Å²) >= 11 is 0. The summed E-state index contributed by atoms with van der Waals surface area (Å²) in [5, 5.41) is 3.08. The standard InChI is InChI=1S/C92H68BN5O/c1-91(2,3)60-53-83-89-84(54-60)98(90-63(58-29-11-8-12-30-58)47-50-79-88(90)68-35-17-24-42-77(68)96(79)78-43-25-19-37-70(78)92(4,5)6)81-56-62(95-75-40-22-15-33-66(75)67-34-16-23-41-76(67)95)46-49-72(81)93(89)71-48-45-61(94-73-38-20-13-31-64(73)65-32-14-21-39-74(65)94)55-80(71)97(83)82-51-59(57-27-9-7-10-28-57)52-86-87(82)69-36-18-26-44-85(69)99-86/h7-56H,1-6H3/i13D,14D,15D,16D,20D,21D,22D,23D,31D,32D,33D,34D,38D,39D,40D,41D. The van der Waals surface area contributed by atoms with Crippen molar-refractivity contribution in [3.8, 4) is 39.3 Å². The molecule has 18 aromatic rings. The maximum Gasteiger partial charge on any atom is 0.252 e. The Balaban J connectivity index is 1.01. The molecule has 7 heteroatoms. The van der Waals surface area contributed by atoms with Crippen LogP contribution in [0.15, 0.2) is 307 Å². The highest BCUT2D eigenvalue weighted by molar-refractivity contribution is 7.00. The van der Waals surface area contributed by atoms with Crippen molar-refractivity contribution in [1.29, 1.82) is 0 Å². The van der Waals surface area contributed by atoms with Gasteiger partial charge in [0.2, 0.25) is 0 Å². The lowest BCUT2D eigenvalue weighted by molar-refractivity contribution is 0.587. The Morgan fingerprint density at radius 3 is 1.44 bits per heavy atom. The Hall–Kier alpha value is -12.1. The van der Waals surface area contributed by atoms with Crippen molar-refractivity contribution >= 4 is 145 Å². The molecule has 6 nitrogen and oxygen atoms in total. The number of anilines is 6. The Labute approximate surface area is 597 Å². The molecule has 0 aliphatic carbocycles. The van der Waals surface area contributed by atoms with Crippen molar-refractivity contribution in [2.45, 2.75) is 52.4 Å². The maximum atomic E-state index is 9.88. The van der Waals surface area contributed by atoms with Crippen LogP contribution in [0.3, 0.4) is 0 Å². The van der Waals surface area contributed by atoms with Crippen LogP contribution in [0.5, 0.6) is 0 Å².